The molecule has 0 amide bonds. The topological polar surface area (TPSA) is 24.9 Å². The van der Waals surface area contributed by atoms with Crippen LogP contribution in [0.1, 0.15) is 33.1 Å². The Labute approximate surface area is 123 Å². The summed E-state index contributed by atoms with van der Waals surface area (Å²) in [6, 6.07) is 2.04. The summed E-state index contributed by atoms with van der Waals surface area (Å²) >= 11 is 17.9. The van der Waals surface area contributed by atoms with Crippen molar-refractivity contribution >= 4 is 40.6 Å². The van der Waals surface area contributed by atoms with Crippen molar-refractivity contribution in [2.45, 2.75) is 39.2 Å². The van der Waals surface area contributed by atoms with Crippen LogP contribution in [-0.2, 0) is 0 Å². The third kappa shape index (κ3) is 3.43. The molecule has 5 heteroatoms. The van der Waals surface area contributed by atoms with Crippen LogP contribution in [0.2, 0.25) is 15.2 Å². The van der Waals surface area contributed by atoms with Crippen LogP contribution < -0.4 is 5.32 Å². The van der Waals surface area contributed by atoms with Gasteiger partial charge in [0.2, 0.25) is 0 Å². The molecule has 18 heavy (non-hydrogen) atoms. The van der Waals surface area contributed by atoms with Crippen LogP contribution in [0, 0.1) is 11.8 Å². The zero-order chi connectivity index (χ0) is 13.3. The predicted octanol–water partition coefficient (Wildman–Crippen LogP) is 5.28. The molecule has 0 saturated heterocycles. The largest absolute Gasteiger partial charge is 0.366 e. The molecule has 2 rings (SSSR count). The molecule has 0 aliphatic heterocycles. The summed E-state index contributed by atoms with van der Waals surface area (Å²) in [5.74, 6) is 2.10. The second-order valence-corrected chi connectivity index (χ2v) is 6.52. The van der Waals surface area contributed by atoms with Crippen molar-refractivity contribution in [2.24, 2.45) is 11.8 Å². The van der Waals surface area contributed by atoms with E-state index in [-0.39, 0.29) is 0 Å². The van der Waals surface area contributed by atoms with Gasteiger partial charge in [-0.15, -0.1) is 0 Å². The van der Waals surface area contributed by atoms with Gasteiger partial charge >= 0.3 is 0 Å². The molecule has 1 aromatic rings. The second kappa shape index (κ2) is 5.85. The molecule has 2 atom stereocenters. The zero-order valence-electron chi connectivity index (χ0n) is 10.5. The normalized spacial score (nSPS) is 28.2. The van der Waals surface area contributed by atoms with Crippen LogP contribution in [0.15, 0.2) is 6.07 Å². The molecule has 1 heterocycles. The molecule has 100 valence electrons. The summed E-state index contributed by atoms with van der Waals surface area (Å²) < 4.78 is 0. The minimum absolute atomic E-state index is 0.292. The highest BCUT2D eigenvalue weighted by atomic mass is 35.5. The SMILES string of the molecule is CC1CC(C)CC(Nc2nc(Cl)c(Cl)cc2Cl)C1. The van der Waals surface area contributed by atoms with Crippen LogP contribution in [0.5, 0.6) is 0 Å². The Hall–Kier alpha value is -0.180. The Kier molecular flexibility index (Phi) is 4.63. The molecule has 1 aromatic heterocycles. The van der Waals surface area contributed by atoms with Gasteiger partial charge in [-0.25, -0.2) is 4.98 Å². The van der Waals surface area contributed by atoms with E-state index in [9.17, 15) is 0 Å². The van der Waals surface area contributed by atoms with E-state index in [1.807, 2.05) is 0 Å². The highest BCUT2D eigenvalue weighted by Crippen LogP contribution is 2.33. The molecular weight excluding hydrogens is 291 g/mol. The lowest BCUT2D eigenvalue weighted by Crippen LogP contribution is -2.30. The first-order valence-corrected chi connectivity index (χ1v) is 7.37. The second-order valence-electron chi connectivity index (χ2n) is 5.35. The third-order valence-electron chi connectivity index (χ3n) is 3.41. The van der Waals surface area contributed by atoms with Crippen LogP contribution in [0.4, 0.5) is 5.82 Å². The molecule has 1 N–H and O–H groups in total. The number of hydrogen-bond donors (Lipinski definition) is 1. The van der Waals surface area contributed by atoms with Crippen molar-refractivity contribution in [3.8, 4) is 0 Å². The molecule has 0 spiro atoms. The number of pyridine rings is 1. The Bertz CT molecular complexity index is 426. The molecule has 1 saturated carbocycles. The first-order chi connectivity index (χ1) is 8.45. The molecule has 0 bridgehead atoms. The number of nitrogens with zero attached hydrogens (tertiary/aromatic N) is 1. The lowest BCUT2D eigenvalue weighted by atomic mass is 9.80. The fourth-order valence-electron chi connectivity index (χ4n) is 2.80. The van der Waals surface area contributed by atoms with Gasteiger partial charge in [-0.05, 0) is 37.2 Å². The van der Waals surface area contributed by atoms with Crippen molar-refractivity contribution in [1.82, 2.24) is 4.98 Å². The minimum atomic E-state index is 0.292. The van der Waals surface area contributed by atoms with Crippen molar-refractivity contribution in [1.29, 1.82) is 0 Å². The molecule has 1 aliphatic rings. The van der Waals surface area contributed by atoms with Gasteiger partial charge in [-0.1, -0.05) is 48.7 Å². The molecule has 1 fully saturated rings. The van der Waals surface area contributed by atoms with E-state index in [0.717, 1.165) is 24.7 Å². The summed E-state index contributed by atoms with van der Waals surface area (Å²) in [6.07, 6.45) is 3.58. The Morgan fingerprint density at radius 3 is 2.28 bits per heavy atom. The standard InChI is InChI=1S/C13H17Cl3N2/c1-7-3-8(2)5-9(4-7)17-13-11(15)6-10(14)12(16)18-13/h6-9H,3-5H2,1-2H3,(H,17,18). The van der Waals surface area contributed by atoms with Crippen LogP contribution >= 0.6 is 34.8 Å². The molecule has 0 radical (unpaired) electrons. The van der Waals surface area contributed by atoms with Crippen molar-refractivity contribution < 1.29 is 0 Å². The summed E-state index contributed by atoms with van der Waals surface area (Å²) in [5.41, 5.74) is 0. The lowest BCUT2D eigenvalue weighted by Gasteiger charge is -2.32. The van der Waals surface area contributed by atoms with Gasteiger partial charge < -0.3 is 5.32 Å². The maximum atomic E-state index is 6.13. The van der Waals surface area contributed by atoms with E-state index in [1.54, 1.807) is 6.07 Å². The Morgan fingerprint density at radius 2 is 1.67 bits per heavy atom. The van der Waals surface area contributed by atoms with Crippen LogP contribution in [0.25, 0.3) is 0 Å². The number of aromatic nitrogens is 1. The van der Waals surface area contributed by atoms with E-state index >= 15 is 0 Å². The van der Waals surface area contributed by atoms with E-state index in [1.165, 1.54) is 6.42 Å². The number of anilines is 1. The fourth-order valence-corrected chi connectivity index (χ4v) is 3.36. The van der Waals surface area contributed by atoms with Gasteiger partial charge in [-0.2, -0.15) is 0 Å². The lowest BCUT2D eigenvalue weighted by molar-refractivity contribution is 0.280. The first-order valence-electron chi connectivity index (χ1n) is 6.23. The van der Waals surface area contributed by atoms with Crippen molar-refractivity contribution in [3.05, 3.63) is 21.3 Å². The molecule has 2 nitrogen and oxygen atoms in total. The summed E-state index contributed by atoms with van der Waals surface area (Å²) in [4.78, 5) is 4.21. The van der Waals surface area contributed by atoms with Gasteiger partial charge in [-0.3, -0.25) is 0 Å². The predicted molar refractivity (Wildman–Crippen MR) is 78.9 cm³/mol. The van der Waals surface area contributed by atoms with Crippen molar-refractivity contribution in [2.75, 3.05) is 5.32 Å². The number of halogens is 3. The quantitative estimate of drug-likeness (QED) is 0.752. The average molecular weight is 308 g/mol. The van der Waals surface area contributed by atoms with Gasteiger partial charge in [0.15, 0.2) is 0 Å². The Balaban J connectivity index is 2.11. The van der Waals surface area contributed by atoms with Crippen LogP contribution in [-0.4, -0.2) is 11.0 Å². The fraction of sp³-hybridized carbons (Fsp3) is 0.615. The van der Waals surface area contributed by atoms with E-state index in [2.05, 4.69) is 24.1 Å². The number of nitrogens with one attached hydrogen (secondary N) is 1. The smallest absolute Gasteiger partial charge is 0.150 e. The van der Waals surface area contributed by atoms with Gasteiger partial charge in [0.05, 0.1) is 10.0 Å². The minimum Gasteiger partial charge on any atom is -0.366 e. The average Bonchev–Trinajstić information content (AvgIpc) is 2.24. The van der Waals surface area contributed by atoms with E-state index in [0.29, 0.717) is 27.1 Å². The van der Waals surface area contributed by atoms with Crippen LogP contribution in [0.3, 0.4) is 0 Å². The van der Waals surface area contributed by atoms with Gasteiger partial charge in [0.1, 0.15) is 11.0 Å². The van der Waals surface area contributed by atoms with E-state index < -0.39 is 0 Å². The van der Waals surface area contributed by atoms with Gasteiger partial charge in [0, 0.05) is 6.04 Å². The maximum absolute atomic E-state index is 6.13. The van der Waals surface area contributed by atoms with Crippen molar-refractivity contribution in [3.63, 3.8) is 0 Å². The van der Waals surface area contributed by atoms with Gasteiger partial charge in [0.25, 0.3) is 0 Å². The summed E-state index contributed by atoms with van der Waals surface area (Å²) in [7, 11) is 0. The van der Waals surface area contributed by atoms with E-state index in [4.69, 9.17) is 34.8 Å². The highest BCUT2D eigenvalue weighted by molar-refractivity contribution is 6.42. The molecule has 2 unspecified atom stereocenters. The maximum Gasteiger partial charge on any atom is 0.150 e. The summed E-state index contributed by atoms with van der Waals surface area (Å²) in [6.45, 7) is 4.57. The molecule has 1 aliphatic carbocycles. The first kappa shape index (κ1) is 14.2. The number of hydrogen-bond acceptors (Lipinski definition) is 2. The molecule has 0 aromatic carbocycles. The highest BCUT2D eigenvalue weighted by Gasteiger charge is 2.24. The molecular formula is C13H17Cl3N2. The number of rotatable bonds is 2. The monoisotopic (exact) mass is 306 g/mol. The Morgan fingerprint density at radius 1 is 1.06 bits per heavy atom. The third-order valence-corrected chi connectivity index (χ3v) is 4.37. The summed E-state index contributed by atoms with van der Waals surface area (Å²) in [5, 5.41) is 4.59. The zero-order valence-corrected chi connectivity index (χ0v) is 12.8.